The van der Waals surface area contributed by atoms with Crippen LogP contribution in [0.15, 0.2) is 18.3 Å². The van der Waals surface area contributed by atoms with E-state index in [-0.39, 0.29) is 0 Å². The first kappa shape index (κ1) is 11.7. The van der Waals surface area contributed by atoms with E-state index in [1.165, 1.54) is 0 Å². The Balaban J connectivity index is 2.07. The normalized spacial score (nSPS) is 10.2. The SMILES string of the molecule is COCCOCCNc1ccc(N)nc1. The number of methoxy groups -OCH3 is 1. The van der Waals surface area contributed by atoms with Crippen molar-refractivity contribution in [3.05, 3.63) is 18.3 Å². The van der Waals surface area contributed by atoms with Crippen LogP contribution in [0.3, 0.4) is 0 Å². The van der Waals surface area contributed by atoms with Crippen LogP contribution in [0.25, 0.3) is 0 Å². The molecule has 0 unspecified atom stereocenters. The van der Waals surface area contributed by atoms with E-state index in [2.05, 4.69) is 10.3 Å². The van der Waals surface area contributed by atoms with E-state index in [1.807, 2.05) is 6.07 Å². The van der Waals surface area contributed by atoms with Crippen molar-refractivity contribution >= 4 is 11.5 Å². The van der Waals surface area contributed by atoms with Crippen LogP contribution in [0.1, 0.15) is 0 Å². The fraction of sp³-hybridized carbons (Fsp3) is 0.500. The maximum atomic E-state index is 5.46. The first-order valence-electron chi connectivity index (χ1n) is 4.85. The third kappa shape index (κ3) is 5.19. The number of nitrogens with two attached hydrogens (primary N) is 1. The molecule has 0 fully saturated rings. The van der Waals surface area contributed by atoms with Crippen LogP contribution in [0.2, 0.25) is 0 Å². The lowest BCUT2D eigenvalue weighted by molar-refractivity contribution is 0.0759. The summed E-state index contributed by atoms with van der Waals surface area (Å²) in [4.78, 5) is 3.96. The van der Waals surface area contributed by atoms with E-state index in [0.29, 0.717) is 25.6 Å². The van der Waals surface area contributed by atoms with Gasteiger partial charge in [0.05, 0.1) is 31.7 Å². The summed E-state index contributed by atoms with van der Waals surface area (Å²) in [5, 5.41) is 3.16. The lowest BCUT2D eigenvalue weighted by Gasteiger charge is -2.06. The molecule has 3 N–H and O–H groups in total. The first-order valence-corrected chi connectivity index (χ1v) is 4.85. The van der Waals surface area contributed by atoms with Crippen LogP contribution < -0.4 is 11.1 Å². The number of rotatable bonds is 7. The Kier molecular flexibility index (Phi) is 5.50. The Morgan fingerprint density at radius 3 is 2.87 bits per heavy atom. The number of nitrogens with zero attached hydrogens (tertiary/aromatic N) is 1. The Bertz CT molecular complexity index is 264. The molecular formula is C10H17N3O2. The van der Waals surface area contributed by atoms with E-state index in [0.717, 1.165) is 12.2 Å². The molecule has 0 aliphatic carbocycles. The zero-order valence-electron chi connectivity index (χ0n) is 8.90. The molecule has 0 atom stereocenters. The number of anilines is 2. The van der Waals surface area contributed by atoms with E-state index in [9.17, 15) is 0 Å². The molecular weight excluding hydrogens is 194 g/mol. The van der Waals surface area contributed by atoms with Crippen molar-refractivity contribution in [3.63, 3.8) is 0 Å². The molecule has 0 bridgehead atoms. The lowest BCUT2D eigenvalue weighted by Crippen LogP contribution is -2.12. The molecule has 1 heterocycles. The van der Waals surface area contributed by atoms with Gasteiger partial charge in [0.2, 0.25) is 0 Å². The van der Waals surface area contributed by atoms with Crippen LogP contribution >= 0.6 is 0 Å². The third-order valence-electron chi connectivity index (χ3n) is 1.79. The average molecular weight is 211 g/mol. The number of aromatic nitrogens is 1. The summed E-state index contributed by atoms with van der Waals surface area (Å²) in [6, 6.07) is 3.64. The molecule has 0 amide bonds. The fourth-order valence-electron chi connectivity index (χ4n) is 1.02. The van der Waals surface area contributed by atoms with Crippen molar-refractivity contribution in [2.75, 3.05) is 44.5 Å². The van der Waals surface area contributed by atoms with Crippen molar-refractivity contribution in [3.8, 4) is 0 Å². The van der Waals surface area contributed by atoms with E-state index >= 15 is 0 Å². The predicted octanol–water partition coefficient (Wildman–Crippen LogP) is 0.739. The fourth-order valence-corrected chi connectivity index (χ4v) is 1.02. The van der Waals surface area contributed by atoms with Gasteiger partial charge in [0, 0.05) is 13.7 Å². The molecule has 5 heteroatoms. The molecule has 1 aromatic rings. The zero-order valence-corrected chi connectivity index (χ0v) is 8.90. The summed E-state index contributed by atoms with van der Waals surface area (Å²) in [6.45, 7) is 2.64. The van der Waals surface area contributed by atoms with Crippen LogP contribution in [-0.4, -0.2) is 38.5 Å². The van der Waals surface area contributed by atoms with Gasteiger partial charge in [-0.3, -0.25) is 0 Å². The molecule has 15 heavy (non-hydrogen) atoms. The second kappa shape index (κ2) is 7.03. The van der Waals surface area contributed by atoms with Crippen molar-refractivity contribution in [1.82, 2.24) is 4.98 Å². The highest BCUT2D eigenvalue weighted by Gasteiger charge is 1.92. The Hall–Kier alpha value is -1.33. The average Bonchev–Trinajstić information content (AvgIpc) is 2.26. The highest BCUT2D eigenvalue weighted by molar-refractivity contribution is 5.45. The number of pyridine rings is 1. The second-order valence-electron chi connectivity index (χ2n) is 3.00. The smallest absolute Gasteiger partial charge is 0.123 e. The van der Waals surface area contributed by atoms with Crippen molar-refractivity contribution in [2.24, 2.45) is 0 Å². The van der Waals surface area contributed by atoms with Crippen molar-refractivity contribution in [2.45, 2.75) is 0 Å². The summed E-state index contributed by atoms with van der Waals surface area (Å²) in [7, 11) is 1.65. The summed E-state index contributed by atoms with van der Waals surface area (Å²) in [5.41, 5.74) is 6.40. The monoisotopic (exact) mass is 211 g/mol. The highest BCUT2D eigenvalue weighted by Crippen LogP contribution is 2.05. The van der Waals surface area contributed by atoms with E-state index in [4.69, 9.17) is 15.2 Å². The molecule has 5 nitrogen and oxygen atoms in total. The van der Waals surface area contributed by atoms with Gasteiger partial charge >= 0.3 is 0 Å². The van der Waals surface area contributed by atoms with Gasteiger partial charge in [0.15, 0.2) is 0 Å². The third-order valence-corrected chi connectivity index (χ3v) is 1.79. The van der Waals surface area contributed by atoms with E-state index < -0.39 is 0 Å². The van der Waals surface area contributed by atoms with Gasteiger partial charge in [-0.2, -0.15) is 0 Å². The molecule has 0 aliphatic rings. The van der Waals surface area contributed by atoms with E-state index in [1.54, 1.807) is 19.4 Å². The molecule has 84 valence electrons. The maximum absolute atomic E-state index is 5.46. The summed E-state index contributed by atoms with van der Waals surface area (Å²) in [5.74, 6) is 0.525. The van der Waals surface area contributed by atoms with Gasteiger partial charge in [-0.05, 0) is 12.1 Å². The summed E-state index contributed by atoms with van der Waals surface area (Å²) in [6.07, 6.45) is 1.70. The molecule has 1 aromatic heterocycles. The molecule has 1 rings (SSSR count). The zero-order chi connectivity index (χ0) is 10.9. The van der Waals surface area contributed by atoms with Gasteiger partial charge < -0.3 is 20.5 Å². The molecule has 0 aromatic carbocycles. The number of ether oxygens (including phenoxy) is 2. The van der Waals surface area contributed by atoms with Crippen LogP contribution in [0, 0.1) is 0 Å². The predicted molar refractivity (Wildman–Crippen MR) is 59.8 cm³/mol. The topological polar surface area (TPSA) is 69.4 Å². The quantitative estimate of drug-likeness (QED) is 0.651. The number of nitrogens with one attached hydrogen (secondary N) is 1. The standard InChI is InChI=1S/C10H17N3O2/c1-14-6-7-15-5-4-12-9-2-3-10(11)13-8-9/h2-3,8,12H,4-7H2,1H3,(H2,11,13). The minimum atomic E-state index is 0.525. The minimum Gasteiger partial charge on any atom is -0.384 e. The molecule has 0 spiro atoms. The number of hydrogen-bond donors (Lipinski definition) is 2. The molecule has 0 radical (unpaired) electrons. The Labute approximate surface area is 89.6 Å². The van der Waals surface area contributed by atoms with Gasteiger partial charge in [0.25, 0.3) is 0 Å². The van der Waals surface area contributed by atoms with Crippen LogP contribution in [0.5, 0.6) is 0 Å². The summed E-state index contributed by atoms with van der Waals surface area (Å²) >= 11 is 0. The number of nitrogen functional groups attached to an aromatic ring is 1. The minimum absolute atomic E-state index is 0.525. The Morgan fingerprint density at radius 2 is 2.20 bits per heavy atom. The maximum Gasteiger partial charge on any atom is 0.123 e. The van der Waals surface area contributed by atoms with Gasteiger partial charge in [-0.15, -0.1) is 0 Å². The number of hydrogen-bond acceptors (Lipinski definition) is 5. The van der Waals surface area contributed by atoms with Gasteiger partial charge in [0.1, 0.15) is 5.82 Å². The Morgan fingerprint density at radius 1 is 1.33 bits per heavy atom. The molecule has 0 aliphatic heterocycles. The largest absolute Gasteiger partial charge is 0.384 e. The molecule has 0 saturated carbocycles. The first-order chi connectivity index (χ1) is 7.33. The van der Waals surface area contributed by atoms with Crippen molar-refractivity contribution in [1.29, 1.82) is 0 Å². The highest BCUT2D eigenvalue weighted by atomic mass is 16.5. The van der Waals surface area contributed by atoms with Gasteiger partial charge in [-0.25, -0.2) is 4.98 Å². The summed E-state index contributed by atoms with van der Waals surface area (Å²) < 4.78 is 10.1. The van der Waals surface area contributed by atoms with Crippen LogP contribution in [0.4, 0.5) is 11.5 Å². The molecule has 0 saturated heterocycles. The van der Waals surface area contributed by atoms with Crippen molar-refractivity contribution < 1.29 is 9.47 Å². The second-order valence-corrected chi connectivity index (χ2v) is 3.00. The van der Waals surface area contributed by atoms with Gasteiger partial charge in [-0.1, -0.05) is 0 Å². The van der Waals surface area contributed by atoms with Crippen LogP contribution in [-0.2, 0) is 9.47 Å². The lowest BCUT2D eigenvalue weighted by atomic mass is 10.4.